The highest BCUT2D eigenvalue weighted by molar-refractivity contribution is 7.89. The number of hydrogen-bond acceptors (Lipinski definition) is 5. The van der Waals surface area contributed by atoms with E-state index in [1.165, 1.54) is 6.42 Å². The minimum atomic E-state index is -3.56. The second-order valence-electron chi connectivity index (χ2n) is 6.67. The van der Waals surface area contributed by atoms with Crippen molar-refractivity contribution in [3.63, 3.8) is 0 Å². The average molecular weight is 375 g/mol. The molecule has 7 heteroatoms. The van der Waals surface area contributed by atoms with Crippen LogP contribution in [0.2, 0.25) is 0 Å². The Kier molecular flexibility index (Phi) is 5.88. The number of aryl methyl sites for hydroxylation is 2. The number of sulfonamides is 1. The lowest BCUT2D eigenvalue weighted by Crippen LogP contribution is -2.32. The third-order valence-corrected chi connectivity index (χ3v) is 6.04. The first-order valence-electron chi connectivity index (χ1n) is 9.16. The summed E-state index contributed by atoms with van der Waals surface area (Å²) >= 11 is 0. The van der Waals surface area contributed by atoms with Crippen LogP contribution in [0, 0.1) is 6.92 Å². The van der Waals surface area contributed by atoms with Crippen LogP contribution in [0.5, 0.6) is 0 Å². The van der Waals surface area contributed by atoms with Gasteiger partial charge < -0.3 is 4.90 Å². The van der Waals surface area contributed by atoms with E-state index in [4.69, 9.17) is 0 Å². The molecule has 140 valence electrons. The Bertz CT molecular complexity index is 844. The molecule has 1 saturated heterocycles. The molecule has 1 aliphatic rings. The van der Waals surface area contributed by atoms with Crippen LogP contribution in [0.3, 0.4) is 0 Å². The van der Waals surface area contributed by atoms with Crippen molar-refractivity contribution in [1.82, 2.24) is 14.7 Å². The van der Waals surface area contributed by atoms with Gasteiger partial charge in [-0.2, -0.15) is 0 Å². The number of hydrogen-bond donors (Lipinski definition) is 1. The van der Waals surface area contributed by atoms with E-state index in [-0.39, 0.29) is 11.4 Å². The first-order valence-corrected chi connectivity index (χ1v) is 10.6. The maximum Gasteiger partial charge on any atom is 0.240 e. The standard InChI is InChI=1S/C19H26N4O2S/c1-3-16-7-9-18(10-8-16)26(24,25)20-14-17-13-15(2)21-19(22-17)23-11-5-4-6-12-23/h7-10,13,20H,3-6,11-12,14H2,1-2H3. The fraction of sp³-hybridized carbons (Fsp3) is 0.474. The first-order chi connectivity index (χ1) is 12.5. The van der Waals surface area contributed by atoms with E-state index in [2.05, 4.69) is 19.6 Å². The van der Waals surface area contributed by atoms with Crippen LogP contribution in [0.4, 0.5) is 5.95 Å². The molecular formula is C19H26N4O2S. The first kappa shape index (κ1) is 18.8. The molecule has 3 rings (SSSR count). The summed E-state index contributed by atoms with van der Waals surface area (Å²) in [5, 5.41) is 0. The van der Waals surface area contributed by atoms with Gasteiger partial charge in [-0.3, -0.25) is 0 Å². The van der Waals surface area contributed by atoms with Gasteiger partial charge in [-0.25, -0.2) is 23.1 Å². The summed E-state index contributed by atoms with van der Waals surface area (Å²) in [5.74, 6) is 0.700. The van der Waals surface area contributed by atoms with Gasteiger partial charge in [0.2, 0.25) is 16.0 Å². The van der Waals surface area contributed by atoms with Crippen LogP contribution < -0.4 is 9.62 Å². The van der Waals surface area contributed by atoms with Crippen molar-refractivity contribution in [2.75, 3.05) is 18.0 Å². The van der Waals surface area contributed by atoms with Crippen molar-refractivity contribution in [3.8, 4) is 0 Å². The minimum Gasteiger partial charge on any atom is -0.341 e. The van der Waals surface area contributed by atoms with Gasteiger partial charge in [0.1, 0.15) is 0 Å². The van der Waals surface area contributed by atoms with Crippen LogP contribution in [0.25, 0.3) is 0 Å². The predicted molar refractivity (Wildman–Crippen MR) is 103 cm³/mol. The monoisotopic (exact) mass is 374 g/mol. The second kappa shape index (κ2) is 8.14. The molecule has 26 heavy (non-hydrogen) atoms. The number of aromatic nitrogens is 2. The van der Waals surface area contributed by atoms with Gasteiger partial charge in [0, 0.05) is 18.8 Å². The molecule has 0 saturated carbocycles. The lowest BCUT2D eigenvalue weighted by atomic mass is 10.1. The zero-order valence-electron chi connectivity index (χ0n) is 15.4. The highest BCUT2D eigenvalue weighted by atomic mass is 32.2. The summed E-state index contributed by atoms with van der Waals surface area (Å²) in [7, 11) is -3.56. The Morgan fingerprint density at radius 2 is 1.77 bits per heavy atom. The van der Waals surface area contributed by atoms with Crippen LogP contribution in [0.1, 0.15) is 43.1 Å². The Balaban J connectivity index is 1.72. The summed E-state index contributed by atoms with van der Waals surface area (Å²) in [4.78, 5) is 11.5. The van der Waals surface area contributed by atoms with E-state index in [0.29, 0.717) is 11.6 Å². The van der Waals surface area contributed by atoms with Crippen LogP contribution in [0.15, 0.2) is 35.2 Å². The molecule has 1 N–H and O–H groups in total. The topological polar surface area (TPSA) is 75.2 Å². The van der Waals surface area contributed by atoms with Crippen molar-refractivity contribution in [2.45, 2.75) is 51.0 Å². The largest absolute Gasteiger partial charge is 0.341 e. The Morgan fingerprint density at radius 3 is 2.42 bits per heavy atom. The molecule has 0 bridgehead atoms. The number of anilines is 1. The SMILES string of the molecule is CCc1ccc(S(=O)(=O)NCc2cc(C)nc(N3CCCCC3)n2)cc1. The van der Waals surface area contributed by atoms with Gasteiger partial charge in [0.15, 0.2) is 0 Å². The van der Waals surface area contributed by atoms with E-state index in [1.807, 2.05) is 32.0 Å². The zero-order valence-corrected chi connectivity index (χ0v) is 16.2. The highest BCUT2D eigenvalue weighted by Gasteiger charge is 2.17. The lowest BCUT2D eigenvalue weighted by Gasteiger charge is -2.27. The molecule has 6 nitrogen and oxygen atoms in total. The Morgan fingerprint density at radius 1 is 1.08 bits per heavy atom. The maximum absolute atomic E-state index is 12.5. The predicted octanol–water partition coefficient (Wildman–Crippen LogP) is 2.82. The van der Waals surface area contributed by atoms with Gasteiger partial charge in [-0.05, 0) is 56.4 Å². The van der Waals surface area contributed by atoms with Crippen molar-refractivity contribution in [1.29, 1.82) is 0 Å². The van der Waals surface area contributed by atoms with E-state index < -0.39 is 10.0 Å². The van der Waals surface area contributed by atoms with Crippen LogP contribution in [-0.2, 0) is 23.0 Å². The Hall–Kier alpha value is -1.99. The van der Waals surface area contributed by atoms with E-state index in [1.54, 1.807) is 12.1 Å². The molecule has 1 aromatic heterocycles. The van der Waals surface area contributed by atoms with Crippen LogP contribution >= 0.6 is 0 Å². The molecule has 1 fully saturated rings. The molecule has 0 atom stereocenters. The number of piperidine rings is 1. The molecule has 1 aliphatic heterocycles. The normalized spacial score (nSPS) is 15.2. The highest BCUT2D eigenvalue weighted by Crippen LogP contribution is 2.17. The molecule has 2 heterocycles. The molecule has 1 aromatic carbocycles. The third-order valence-electron chi connectivity index (χ3n) is 4.62. The third kappa shape index (κ3) is 4.59. The summed E-state index contributed by atoms with van der Waals surface area (Å²) in [6, 6.07) is 8.81. The summed E-state index contributed by atoms with van der Waals surface area (Å²) in [6.07, 6.45) is 4.42. The molecule has 0 unspecified atom stereocenters. The summed E-state index contributed by atoms with van der Waals surface area (Å²) < 4.78 is 27.7. The van der Waals surface area contributed by atoms with E-state index in [9.17, 15) is 8.42 Å². The molecular weight excluding hydrogens is 348 g/mol. The molecule has 0 spiro atoms. The maximum atomic E-state index is 12.5. The van der Waals surface area contributed by atoms with E-state index >= 15 is 0 Å². The molecule has 0 amide bonds. The second-order valence-corrected chi connectivity index (χ2v) is 8.44. The zero-order chi connectivity index (χ0) is 18.6. The molecule has 2 aromatic rings. The Labute approximate surface area is 155 Å². The summed E-state index contributed by atoms with van der Waals surface area (Å²) in [5.41, 5.74) is 2.65. The van der Waals surface area contributed by atoms with Gasteiger partial charge in [0.25, 0.3) is 0 Å². The van der Waals surface area contributed by atoms with Crippen molar-refractivity contribution in [3.05, 3.63) is 47.3 Å². The fourth-order valence-electron chi connectivity index (χ4n) is 3.10. The molecule has 0 aliphatic carbocycles. The van der Waals surface area contributed by atoms with Gasteiger partial charge >= 0.3 is 0 Å². The number of nitrogens with one attached hydrogen (secondary N) is 1. The van der Waals surface area contributed by atoms with Crippen LogP contribution in [-0.4, -0.2) is 31.5 Å². The van der Waals surface area contributed by atoms with Crippen molar-refractivity contribution in [2.24, 2.45) is 0 Å². The lowest BCUT2D eigenvalue weighted by molar-refractivity contribution is 0.565. The van der Waals surface area contributed by atoms with Gasteiger partial charge in [-0.1, -0.05) is 19.1 Å². The van der Waals surface area contributed by atoms with Crippen molar-refractivity contribution >= 4 is 16.0 Å². The average Bonchev–Trinajstić information content (AvgIpc) is 2.67. The fourth-order valence-corrected chi connectivity index (χ4v) is 4.10. The smallest absolute Gasteiger partial charge is 0.240 e. The van der Waals surface area contributed by atoms with Gasteiger partial charge in [0.05, 0.1) is 17.1 Å². The number of benzene rings is 1. The number of nitrogens with zero attached hydrogens (tertiary/aromatic N) is 3. The van der Waals surface area contributed by atoms with E-state index in [0.717, 1.165) is 43.6 Å². The molecule has 0 radical (unpaired) electrons. The van der Waals surface area contributed by atoms with Crippen molar-refractivity contribution < 1.29 is 8.42 Å². The summed E-state index contributed by atoms with van der Waals surface area (Å²) in [6.45, 7) is 6.02. The number of rotatable bonds is 6. The quantitative estimate of drug-likeness (QED) is 0.841. The minimum absolute atomic E-state index is 0.155. The van der Waals surface area contributed by atoms with Gasteiger partial charge in [-0.15, -0.1) is 0 Å².